The fourth-order valence-electron chi connectivity index (χ4n) is 2.39. The molecule has 0 radical (unpaired) electrons. The highest BCUT2D eigenvalue weighted by Gasteiger charge is 2.22. The molecule has 0 saturated carbocycles. The quantitative estimate of drug-likeness (QED) is 0.280. The third-order valence-electron chi connectivity index (χ3n) is 3.75. The van der Waals surface area contributed by atoms with Crippen molar-refractivity contribution in [3.63, 3.8) is 0 Å². The minimum atomic E-state index is -1.05. The van der Waals surface area contributed by atoms with E-state index in [-0.39, 0.29) is 17.1 Å². The Bertz CT molecular complexity index is 907. The smallest absolute Gasteiger partial charge is 0.344 e. The van der Waals surface area contributed by atoms with Crippen LogP contribution in [0.25, 0.3) is 0 Å². The van der Waals surface area contributed by atoms with Crippen molar-refractivity contribution >= 4 is 17.5 Å². The number of hydrogen-bond acceptors (Lipinski definition) is 6. The zero-order chi connectivity index (χ0) is 20.7. The Morgan fingerprint density at radius 3 is 2.25 bits per heavy atom. The lowest BCUT2D eigenvalue weighted by molar-refractivity contribution is -0.137. The topological polar surface area (TPSA) is 105 Å². The molecule has 0 heterocycles. The highest BCUT2D eigenvalue weighted by Crippen LogP contribution is 2.13. The molecule has 0 bridgehead atoms. The molecule has 4 N–H and O–H groups in total. The third-order valence-corrected chi connectivity index (χ3v) is 3.75. The second-order valence-corrected chi connectivity index (χ2v) is 5.85. The molecule has 0 aliphatic carbocycles. The van der Waals surface area contributed by atoms with E-state index in [0.29, 0.717) is 6.54 Å². The first kappa shape index (κ1) is 20.8. The van der Waals surface area contributed by atoms with Gasteiger partial charge >= 0.3 is 5.97 Å². The van der Waals surface area contributed by atoms with Gasteiger partial charge in [0.05, 0.1) is 5.56 Å². The number of nitrogens with one attached hydrogen (secondary N) is 2. The van der Waals surface area contributed by atoms with Crippen LogP contribution in [0.5, 0.6) is 0 Å². The van der Waals surface area contributed by atoms with E-state index in [1.54, 1.807) is 0 Å². The minimum Gasteiger partial charge on any atom is -0.454 e. The summed E-state index contributed by atoms with van der Waals surface area (Å²) >= 11 is 0. The van der Waals surface area contributed by atoms with Gasteiger partial charge in [-0.05, 0) is 24.6 Å². The zero-order valence-corrected chi connectivity index (χ0v) is 15.1. The van der Waals surface area contributed by atoms with E-state index in [0.717, 1.165) is 23.8 Å². The van der Waals surface area contributed by atoms with E-state index >= 15 is 0 Å². The highest BCUT2D eigenvalue weighted by atomic mass is 19.1. The SMILES string of the molecule is CC(=N)/C(C(=O)OCC(=O)c1c(F)cccc1F)=C(/N)NCc1ccccc1. The number of carbonyl (C=O) groups excluding carboxylic acids is 2. The molecule has 0 fully saturated rings. The van der Waals surface area contributed by atoms with Gasteiger partial charge in [-0.3, -0.25) is 4.79 Å². The van der Waals surface area contributed by atoms with E-state index in [4.69, 9.17) is 15.9 Å². The first-order valence-corrected chi connectivity index (χ1v) is 8.28. The number of esters is 1. The number of hydrogen-bond donors (Lipinski definition) is 3. The molecule has 28 heavy (non-hydrogen) atoms. The lowest BCUT2D eigenvalue weighted by atomic mass is 10.1. The van der Waals surface area contributed by atoms with Crippen LogP contribution in [0.4, 0.5) is 8.78 Å². The van der Waals surface area contributed by atoms with E-state index < -0.39 is 35.6 Å². The molecule has 0 saturated heterocycles. The average Bonchev–Trinajstić information content (AvgIpc) is 2.65. The van der Waals surface area contributed by atoms with Gasteiger partial charge in [0.15, 0.2) is 6.61 Å². The van der Waals surface area contributed by atoms with Crippen LogP contribution in [0.2, 0.25) is 0 Å². The number of ketones is 1. The summed E-state index contributed by atoms with van der Waals surface area (Å²) in [6, 6.07) is 12.2. The first-order valence-electron chi connectivity index (χ1n) is 8.28. The lowest BCUT2D eigenvalue weighted by Gasteiger charge is -2.13. The standard InChI is InChI=1S/C20H19F2N3O3/c1-12(23)17(19(24)25-10-13-6-3-2-4-7-13)20(27)28-11-16(26)18-14(21)8-5-9-15(18)22/h2-9,23,25H,10-11,24H2,1H3/b19-17+,23-12?. The molecule has 0 atom stereocenters. The molecule has 0 aliphatic heterocycles. The molecule has 146 valence electrons. The number of ether oxygens (including phenoxy) is 1. The predicted octanol–water partition coefficient (Wildman–Crippen LogP) is 2.69. The number of rotatable bonds is 8. The van der Waals surface area contributed by atoms with Crippen molar-refractivity contribution in [1.29, 1.82) is 5.41 Å². The van der Waals surface area contributed by atoms with E-state index in [1.165, 1.54) is 6.92 Å². The van der Waals surface area contributed by atoms with E-state index in [2.05, 4.69) is 5.32 Å². The summed E-state index contributed by atoms with van der Waals surface area (Å²) in [7, 11) is 0. The summed E-state index contributed by atoms with van der Waals surface area (Å²) in [5.41, 5.74) is 5.51. The molecule has 2 aromatic rings. The number of halogens is 2. The number of benzene rings is 2. The molecule has 0 spiro atoms. The maximum Gasteiger partial charge on any atom is 0.344 e. The van der Waals surface area contributed by atoms with Gasteiger partial charge in [-0.15, -0.1) is 0 Å². The molecule has 0 aliphatic rings. The second kappa shape index (κ2) is 9.40. The fraction of sp³-hybridized carbons (Fsp3) is 0.150. The van der Waals surface area contributed by atoms with Gasteiger partial charge < -0.3 is 21.2 Å². The predicted molar refractivity (Wildman–Crippen MR) is 99.5 cm³/mol. The molecule has 8 heteroatoms. The van der Waals surface area contributed by atoms with E-state index in [9.17, 15) is 18.4 Å². The Hall–Kier alpha value is -3.55. The van der Waals surface area contributed by atoms with Crippen molar-refractivity contribution in [1.82, 2.24) is 5.32 Å². The Kier molecular flexibility index (Phi) is 6.97. The van der Waals surface area contributed by atoms with Crippen molar-refractivity contribution in [2.75, 3.05) is 6.61 Å². The van der Waals surface area contributed by atoms with Crippen molar-refractivity contribution in [3.05, 3.63) is 82.7 Å². The number of Topliss-reactive ketones (excluding diaryl/α,β-unsaturated/α-hetero) is 1. The van der Waals surface area contributed by atoms with Gasteiger partial charge in [0.25, 0.3) is 0 Å². The van der Waals surface area contributed by atoms with Gasteiger partial charge in [0.1, 0.15) is 23.0 Å². The molecule has 0 unspecified atom stereocenters. The third kappa shape index (κ3) is 5.23. The second-order valence-electron chi connectivity index (χ2n) is 5.85. The summed E-state index contributed by atoms with van der Waals surface area (Å²) in [4.78, 5) is 24.3. The monoisotopic (exact) mass is 387 g/mol. The zero-order valence-electron chi connectivity index (χ0n) is 15.1. The van der Waals surface area contributed by atoms with Crippen LogP contribution >= 0.6 is 0 Å². The summed E-state index contributed by atoms with van der Waals surface area (Å²) < 4.78 is 32.1. The van der Waals surface area contributed by atoms with Crippen LogP contribution in [0.1, 0.15) is 22.8 Å². The summed E-state index contributed by atoms with van der Waals surface area (Å²) in [6.07, 6.45) is 0. The largest absolute Gasteiger partial charge is 0.454 e. The summed E-state index contributed by atoms with van der Waals surface area (Å²) in [5, 5.41) is 10.5. The Morgan fingerprint density at radius 2 is 1.68 bits per heavy atom. The van der Waals surface area contributed by atoms with Gasteiger partial charge in [-0.25, -0.2) is 13.6 Å². The van der Waals surface area contributed by atoms with Crippen LogP contribution in [-0.2, 0) is 16.1 Å². The highest BCUT2D eigenvalue weighted by molar-refractivity contribution is 6.18. The van der Waals surface area contributed by atoms with Crippen molar-refractivity contribution < 1.29 is 23.1 Å². The molecular weight excluding hydrogens is 368 g/mol. The van der Waals surface area contributed by atoms with Crippen LogP contribution in [0.15, 0.2) is 59.9 Å². The van der Waals surface area contributed by atoms with Gasteiger partial charge in [-0.2, -0.15) is 0 Å². The molecular formula is C20H19F2N3O3. The molecule has 0 amide bonds. The number of carbonyl (C=O) groups is 2. The molecule has 2 aromatic carbocycles. The van der Waals surface area contributed by atoms with Crippen molar-refractivity contribution in [2.45, 2.75) is 13.5 Å². The van der Waals surface area contributed by atoms with Crippen molar-refractivity contribution in [2.24, 2.45) is 5.73 Å². The lowest BCUT2D eigenvalue weighted by Crippen LogP contribution is -2.29. The van der Waals surface area contributed by atoms with Gasteiger partial charge in [-0.1, -0.05) is 36.4 Å². The Labute approximate surface area is 160 Å². The molecule has 2 rings (SSSR count). The minimum absolute atomic E-state index is 0.106. The first-order chi connectivity index (χ1) is 13.3. The Balaban J connectivity index is 2.08. The molecule has 0 aromatic heterocycles. The summed E-state index contributed by atoms with van der Waals surface area (Å²) in [6.45, 7) is 0.738. The average molecular weight is 387 g/mol. The van der Waals surface area contributed by atoms with Gasteiger partial charge in [0.2, 0.25) is 5.78 Å². The van der Waals surface area contributed by atoms with Crippen LogP contribution in [0, 0.1) is 17.0 Å². The molecule has 6 nitrogen and oxygen atoms in total. The maximum absolute atomic E-state index is 13.6. The Morgan fingerprint density at radius 1 is 1.07 bits per heavy atom. The van der Waals surface area contributed by atoms with Crippen molar-refractivity contribution in [3.8, 4) is 0 Å². The number of nitrogens with two attached hydrogens (primary N) is 1. The van der Waals surface area contributed by atoms with Crippen LogP contribution in [0.3, 0.4) is 0 Å². The van der Waals surface area contributed by atoms with Crippen LogP contribution < -0.4 is 11.1 Å². The normalized spacial score (nSPS) is 11.4. The van der Waals surface area contributed by atoms with Crippen LogP contribution in [-0.4, -0.2) is 24.1 Å². The fourth-order valence-corrected chi connectivity index (χ4v) is 2.39. The van der Waals surface area contributed by atoms with Gasteiger partial charge in [0, 0.05) is 12.3 Å². The van der Waals surface area contributed by atoms with E-state index in [1.807, 2.05) is 30.3 Å². The summed E-state index contributed by atoms with van der Waals surface area (Å²) in [5.74, 6) is -4.29. The maximum atomic E-state index is 13.6.